The molecule has 7 nitrogen and oxygen atoms in total. The number of nitrogens with zero attached hydrogens (tertiary/aromatic N) is 3. The van der Waals surface area contributed by atoms with E-state index in [0.717, 1.165) is 27.0 Å². The van der Waals surface area contributed by atoms with Crippen molar-refractivity contribution in [2.24, 2.45) is 0 Å². The molecule has 5 rings (SSSR count). The summed E-state index contributed by atoms with van der Waals surface area (Å²) in [5.74, 6) is 1.28. The number of thioether (sulfide) groups is 1. The molecule has 9 heteroatoms. The lowest BCUT2D eigenvalue weighted by Gasteiger charge is -2.33. The highest BCUT2D eigenvalue weighted by Crippen LogP contribution is 2.37. The fraction of sp³-hybridized carbons (Fsp3) is 0.160. The number of amides is 1. The average Bonchev–Trinajstić information content (AvgIpc) is 3.26. The number of carbonyl (C=O) groups excluding carboxylic acids is 1. The fourth-order valence-electron chi connectivity index (χ4n) is 3.63. The van der Waals surface area contributed by atoms with Gasteiger partial charge in [0.25, 0.3) is 0 Å². The second-order valence-corrected chi connectivity index (χ2v) is 9.91. The number of ether oxygens (including phenoxy) is 1. The van der Waals surface area contributed by atoms with Crippen LogP contribution in [0.5, 0.6) is 5.75 Å². The molecule has 1 aliphatic rings. The van der Waals surface area contributed by atoms with Crippen molar-refractivity contribution in [1.29, 1.82) is 0 Å². The van der Waals surface area contributed by atoms with Gasteiger partial charge in [-0.25, -0.2) is 4.68 Å². The Balaban J connectivity index is 1.41. The summed E-state index contributed by atoms with van der Waals surface area (Å²) in [7, 11) is 0. The Morgan fingerprint density at radius 1 is 1.06 bits per heavy atom. The van der Waals surface area contributed by atoms with Gasteiger partial charge in [0.1, 0.15) is 17.6 Å². The molecule has 1 aliphatic heterocycles. The number of benzene rings is 3. The number of para-hydroxylation sites is 1. The van der Waals surface area contributed by atoms with Crippen LogP contribution in [0, 0.1) is 6.92 Å². The molecule has 0 saturated heterocycles. The summed E-state index contributed by atoms with van der Waals surface area (Å²) < 4.78 is 8.66. The number of aryl methyl sites for hydroxylation is 1. The van der Waals surface area contributed by atoms with Crippen molar-refractivity contribution < 1.29 is 9.53 Å². The molecule has 0 unspecified atom stereocenters. The van der Waals surface area contributed by atoms with Gasteiger partial charge >= 0.3 is 0 Å². The maximum Gasteiger partial charge on any atom is 0.240 e. The third-order valence-electron chi connectivity index (χ3n) is 5.42. The molecule has 0 spiro atoms. The molecule has 0 bridgehead atoms. The van der Waals surface area contributed by atoms with Crippen LogP contribution in [0.4, 0.5) is 5.69 Å². The lowest BCUT2D eigenvalue weighted by Crippen LogP contribution is -2.41. The minimum atomic E-state index is -0.453. The topological polar surface area (TPSA) is 81.1 Å². The summed E-state index contributed by atoms with van der Waals surface area (Å²) in [5.41, 5.74) is 6.36. The first-order valence-corrected chi connectivity index (χ1v) is 12.4. The Bertz CT molecular complexity index is 1280. The van der Waals surface area contributed by atoms with Crippen LogP contribution in [-0.4, -0.2) is 26.0 Å². The molecule has 4 aromatic rings. The van der Waals surface area contributed by atoms with E-state index in [-0.39, 0.29) is 18.6 Å². The zero-order valence-electron chi connectivity index (χ0n) is 18.3. The summed E-state index contributed by atoms with van der Waals surface area (Å²) >= 11 is 4.81. The Morgan fingerprint density at radius 3 is 2.53 bits per heavy atom. The van der Waals surface area contributed by atoms with Gasteiger partial charge in [0.05, 0.1) is 6.04 Å². The van der Waals surface area contributed by atoms with Crippen molar-refractivity contribution >= 4 is 39.3 Å². The average molecular weight is 536 g/mol. The number of fused-ring (bicyclic) bond motifs is 1. The number of rotatable bonds is 6. The van der Waals surface area contributed by atoms with E-state index in [0.29, 0.717) is 11.0 Å². The van der Waals surface area contributed by atoms with Crippen molar-refractivity contribution in [3.8, 4) is 5.75 Å². The number of nitrogens with one attached hydrogen (secondary N) is 2. The van der Waals surface area contributed by atoms with Gasteiger partial charge in [0.15, 0.2) is 5.82 Å². The number of carbonyl (C=O) groups is 1. The molecule has 0 radical (unpaired) electrons. The number of halogens is 1. The molecule has 3 aromatic carbocycles. The van der Waals surface area contributed by atoms with E-state index in [9.17, 15) is 4.79 Å². The Morgan fingerprint density at radius 2 is 1.79 bits per heavy atom. The van der Waals surface area contributed by atoms with Gasteiger partial charge in [-0.1, -0.05) is 75.7 Å². The van der Waals surface area contributed by atoms with Crippen molar-refractivity contribution in [2.45, 2.75) is 30.0 Å². The van der Waals surface area contributed by atoms with Crippen molar-refractivity contribution in [1.82, 2.24) is 14.9 Å². The number of hydrogen-bond acceptors (Lipinski definition) is 6. The summed E-state index contributed by atoms with van der Waals surface area (Å²) in [6.07, 6.45) is 0. The van der Waals surface area contributed by atoms with Crippen LogP contribution in [0.15, 0.2) is 88.5 Å². The van der Waals surface area contributed by atoms with Gasteiger partial charge < -0.3 is 15.5 Å². The molecule has 0 saturated carbocycles. The molecule has 2 atom stereocenters. The predicted octanol–water partition coefficient (Wildman–Crippen LogP) is 5.33. The van der Waals surface area contributed by atoms with Gasteiger partial charge in [0.2, 0.25) is 11.1 Å². The second kappa shape index (κ2) is 9.90. The predicted molar refractivity (Wildman–Crippen MR) is 136 cm³/mol. The number of anilines is 1. The largest absolute Gasteiger partial charge is 0.486 e. The minimum Gasteiger partial charge on any atom is -0.486 e. The fourth-order valence-corrected chi connectivity index (χ4v) is 4.99. The molecule has 34 heavy (non-hydrogen) atoms. The Labute approximate surface area is 210 Å². The summed E-state index contributed by atoms with van der Waals surface area (Å²) in [5, 5.41) is 11.8. The third kappa shape index (κ3) is 4.95. The maximum atomic E-state index is 13.4. The summed E-state index contributed by atoms with van der Waals surface area (Å²) in [6, 6.07) is 25.0. The molecule has 1 amide bonds. The normalized spacial score (nSPS) is 16.9. The van der Waals surface area contributed by atoms with Crippen molar-refractivity contribution in [3.05, 3.63) is 100 Å². The molecular formula is C25H22BrN5O2S. The molecule has 172 valence electrons. The van der Waals surface area contributed by atoms with Crippen LogP contribution in [0.3, 0.4) is 0 Å². The van der Waals surface area contributed by atoms with E-state index in [1.807, 2.05) is 90.5 Å². The van der Waals surface area contributed by atoms with Gasteiger partial charge in [-0.2, -0.15) is 0 Å². The molecule has 1 aromatic heterocycles. The second-order valence-electron chi connectivity index (χ2n) is 7.89. The molecule has 0 fully saturated rings. The molecular weight excluding hydrogens is 514 g/mol. The van der Waals surface area contributed by atoms with Crippen LogP contribution >= 0.6 is 27.7 Å². The third-order valence-corrected chi connectivity index (χ3v) is 7.17. The number of hydrogen-bond donors (Lipinski definition) is 2. The zero-order chi connectivity index (χ0) is 23.5. The highest BCUT2D eigenvalue weighted by atomic mass is 79.9. The standard InChI is InChI=1S/C25H22BrN5O2S/c1-16-7-9-17(10-8-16)22-23(24(32)27-19-13-11-18(26)12-14-19)34-25-29-28-21(31(25)30-22)15-33-20-5-3-2-4-6-20/h2-14,22-23,30H,15H2,1H3,(H,27,32)/t22-,23+/m1/s1. The number of aromatic nitrogens is 3. The van der Waals surface area contributed by atoms with Crippen LogP contribution in [0.2, 0.25) is 0 Å². The van der Waals surface area contributed by atoms with Gasteiger partial charge in [-0.05, 0) is 48.9 Å². The lowest BCUT2D eigenvalue weighted by atomic mass is 10.0. The SMILES string of the molecule is Cc1ccc([C@H]2Nn3c(COc4ccccc4)nnc3S[C@@H]2C(=O)Nc2ccc(Br)cc2)cc1. The zero-order valence-corrected chi connectivity index (χ0v) is 20.7. The van der Waals surface area contributed by atoms with E-state index in [1.54, 1.807) is 0 Å². The van der Waals surface area contributed by atoms with Crippen LogP contribution < -0.4 is 15.5 Å². The summed E-state index contributed by atoms with van der Waals surface area (Å²) in [4.78, 5) is 13.4. The monoisotopic (exact) mass is 535 g/mol. The van der Waals surface area contributed by atoms with E-state index in [4.69, 9.17) is 4.74 Å². The first-order chi connectivity index (χ1) is 16.6. The van der Waals surface area contributed by atoms with E-state index in [2.05, 4.69) is 36.9 Å². The lowest BCUT2D eigenvalue weighted by molar-refractivity contribution is -0.116. The Hall–Kier alpha value is -3.30. The highest BCUT2D eigenvalue weighted by molar-refractivity contribution is 9.10. The van der Waals surface area contributed by atoms with Crippen LogP contribution in [-0.2, 0) is 11.4 Å². The molecule has 0 aliphatic carbocycles. The van der Waals surface area contributed by atoms with E-state index < -0.39 is 5.25 Å². The van der Waals surface area contributed by atoms with E-state index in [1.165, 1.54) is 11.8 Å². The van der Waals surface area contributed by atoms with Crippen molar-refractivity contribution in [3.63, 3.8) is 0 Å². The first-order valence-electron chi connectivity index (χ1n) is 10.8. The Kier molecular flexibility index (Phi) is 6.55. The van der Waals surface area contributed by atoms with Gasteiger partial charge in [-0.3, -0.25) is 4.79 Å². The van der Waals surface area contributed by atoms with Gasteiger partial charge in [0, 0.05) is 10.2 Å². The molecule has 2 heterocycles. The maximum absolute atomic E-state index is 13.4. The van der Waals surface area contributed by atoms with Gasteiger partial charge in [-0.15, -0.1) is 10.2 Å². The van der Waals surface area contributed by atoms with Crippen molar-refractivity contribution in [2.75, 3.05) is 10.7 Å². The molecule has 2 N–H and O–H groups in total. The van der Waals surface area contributed by atoms with E-state index >= 15 is 0 Å². The first kappa shape index (κ1) is 22.5. The quantitative estimate of drug-likeness (QED) is 0.347. The van der Waals surface area contributed by atoms with Crippen LogP contribution in [0.25, 0.3) is 0 Å². The smallest absolute Gasteiger partial charge is 0.240 e. The van der Waals surface area contributed by atoms with Crippen LogP contribution in [0.1, 0.15) is 23.0 Å². The highest BCUT2D eigenvalue weighted by Gasteiger charge is 2.38. The minimum absolute atomic E-state index is 0.110. The summed E-state index contributed by atoms with van der Waals surface area (Å²) in [6.45, 7) is 2.29.